The number of anilines is 2. The highest BCUT2D eigenvalue weighted by Crippen LogP contribution is 2.24. The van der Waals surface area contributed by atoms with Crippen molar-refractivity contribution in [3.63, 3.8) is 0 Å². The van der Waals surface area contributed by atoms with Gasteiger partial charge in [0.25, 0.3) is 0 Å². The number of benzene rings is 1. The van der Waals surface area contributed by atoms with Crippen LogP contribution in [-0.2, 0) is 9.59 Å². The number of halogens is 1. The molecule has 0 bridgehead atoms. The summed E-state index contributed by atoms with van der Waals surface area (Å²) in [6.45, 7) is 3.13. The molecule has 0 saturated carbocycles. The third-order valence-corrected chi connectivity index (χ3v) is 3.55. The van der Waals surface area contributed by atoms with Gasteiger partial charge < -0.3 is 16.4 Å². The van der Waals surface area contributed by atoms with E-state index in [0.717, 1.165) is 0 Å². The Morgan fingerprint density at radius 1 is 1.60 bits per heavy atom. The molecule has 20 heavy (non-hydrogen) atoms. The normalized spacial score (nSPS) is 19.5. The molecule has 1 aromatic carbocycles. The number of nitrogens with one attached hydrogen (secondary N) is 2. The van der Waals surface area contributed by atoms with E-state index in [9.17, 15) is 9.59 Å². The summed E-state index contributed by atoms with van der Waals surface area (Å²) in [5.41, 5.74) is 6.64. The first-order valence-corrected chi connectivity index (χ1v) is 6.72. The molecule has 4 N–H and O–H groups in total. The van der Waals surface area contributed by atoms with Crippen molar-refractivity contribution in [3.8, 4) is 0 Å². The SMILES string of the molecule is CC1C(=O)NCCN1CC(=O)Nc1ccc(N)cc1Cl. The number of nitrogens with zero attached hydrogens (tertiary/aromatic N) is 1. The summed E-state index contributed by atoms with van der Waals surface area (Å²) >= 11 is 6.00. The number of piperazine rings is 1. The molecule has 0 radical (unpaired) electrons. The van der Waals surface area contributed by atoms with Crippen molar-refractivity contribution in [3.05, 3.63) is 23.2 Å². The maximum Gasteiger partial charge on any atom is 0.238 e. The molecule has 6 nitrogen and oxygen atoms in total. The lowest BCUT2D eigenvalue weighted by molar-refractivity contribution is -0.129. The van der Waals surface area contributed by atoms with E-state index in [1.54, 1.807) is 25.1 Å². The van der Waals surface area contributed by atoms with Gasteiger partial charge >= 0.3 is 0 Å². The number of hydrogen-bond donors (Lipinski definition) is 3. The van der Waals surface area contributed by atoms with E-state index in [0.29, 0.717) is 29.5 Å². The zero-order valence-electron chi connectivity index (χ0n) is 11.1. The van der Waals surface area contributed by atoms with Crippen LogP contribution in [0.15, 0.2) is 18.2 Å². The van der Waals surface area contributed by atoms with Crippen LogP contribution in [-0.4, -0.2) is 42.4 Å². The lowest BCUT2D eigenvalue weighted by Crippen LogP contribution is -2.55. The van der Waals surface area contributed by atoms with Gasteiger partial charge in [-0.05, 0) is 25.1 Å². The Morgan fingerprint density at radius 3 is 3.05 bits per heavy atom. The van der Waals surface area contributed by atoms with Gasteiger partial charge in [0.1, 0.15) is 0 Å². The zero-order valence-corrected chi connectivity index (χ0v) is 11.9. The Kier molecular flexibility index (Phi) is 4.46. The van der Waals surface area contributed by atoms with Gasteiger partial charge in [0.2, 0.25) is 11.8 Å². The van der Waals surface area contributed by atoms with Crippen LogP contribution in [0.1, 0.15) is 6.92 Å². The van der Waals surface area contributed by atoms with Gasteiger partial charge in [-0.25, -0.2) is 0 Å². The topological polar surface area (TPSA) is 87.5 Å². The summed E-state index contributed by atoms with van der Waals surface area (Å²) in [7, 11) is 0. The van der Waals surface area contributed by atoms with Crippen LogP contribution in [0.25, 0.3) is 0 Å². The van der Waals surface area contributed by atoms with Gasteiger partial charge in [0.05, 0.1) is 23.3 Å². The number of hydrogen-bond acceptors (Lipinski definition) is 4. The second kappa shape index (κ2) is 6.11. The number of carbonyl (C=O) groups is 2. The van der Waals surface area contributed by atoms with Crippen molar-refractivity contribution >= 4 is 34.8 Å². The van der Waals surface area contributed by atoms with Crippen molar-refractivity contribution < 1.29 is 9.59 Å². The molecule has 1 aromatic rings. The first-order chi connectivity index (χ1) is 9.47. The Hall–Kier alpha value is -1.79. The highest BCUT2D eigenvalue weighted by atomic mass is 35.5. The number of nitrogen functional groups attached to an aromatic ring is 1. The highest BCUT2D eigenvalue weighted by molar-refractivity contribution is 6.34. The fraction of sp³-hybridized carbons (Fsp3) is 0.385. The first kappa shape index (κ1) is 14.6. The smallest absolute Gasteiger partial charge is 0.238 e. The van der Waals surface area contributed by atoms with Gasteiger partial charge in [-0.15, -0.1) is 0 Å². The third-order valence-electron chi connectivity index (χ3n) is 3.24. The average molecular weight is 297 g/mol. The lowest BCUT2D eigenvalue weighted by Gasteiger charge is -2.32. The van der Waals surface area contributed by atoms with Gasteiger partial charge in [-0.3, -0.25) is 14.5 Å². The lowest BCUT2D eigenvalue weighted by atomic mass is 10.2. The summed E-state index contributed by atoms with van der Waals surface area (Å²) < 4.78 is 0. The number of rotatable bonds is 3. The fourth-order valence-electron chi connectivity index (χ4n) is 2.05. The van der Waals surface area contributed by atoms with Crippen LogP contribution in [0.3, 0.4) is 0 Å². The minimum Gasteiger partial charge on any atom is -0.399 e. The largest absolute Gasteiger partial charge is 0.399 e. The van der Waals surface area contributed by atoms with E-state index in [2.05, 4.69) is 10.6 Å². The Morgan fingerprint density at radius 2 is 2.35 bits per heavy atom. The maximum absolute atomic E-state index is 12.0. The summed E-state index contributed by atoms with van der Waals surface area (Å²) in [5.74, 6) is -0.271. The molecular weight excluding hydrogens is 280 g/mol. The molecule has 2 rings (SSSR count). The van der Waals surface area contributed by atoms with E-state index in [1.807, 2.05) is 4.90 Å². The van der Waals surface area contributed by atoms with Crippen molar-refractivity contribution in [2.45, 2.75) is 13.0 Å². The van der Waals surface area contributed by atoms with Crippen LogP contribution in [0.5, 0.6) is 0 Å². The average Bonchev–Trinajstić information content (AvgIpc) is 2.38. The second-order valence-electron chi connectivity index (χ2n) is 4.72. The summed E-state index contributed by atoms with van der Waals surface area (Å²) in [6, 6.07) is 4.59. The predicted octanol–water partition coefficient (Wildman–Crippen LogP) is 0.681. The Labute approximate surface area is 122 Å². The van der Waals surface area contributed by atoms with Gasteiger partial charge in [-0.1, -0.05) is 11.6 Å². The van der Waals surface area contributed by atoms with Crippen LogP contribution in [0, 0.1) is 0 Å². The van der Waals surface area contributed by atoms with Crippen LogP contribution < -0.4 is 16.4 Å². The molecule has 1 aliphatic heterocycles. The van der Waals surface area contributed by atoms with Gasteiger partial charge in [0, 0.05) is 18.8 Å². The maximum atomic E-state index is 12.0. The quantitative estimate of drug-likeness (QED) is 0.716. The highest BCUT2D eigenvalue weighted by Gasteiger charge is 2.26. The molecule has 0 aromatic heterocycles. The minimum atomic E-state index is -0.309. The van der Waals surface area contributed by atoms with E-state index in [1.165, 1.54) is 0 Å². The summed E-state index contributed by atoms with van der Waals surface area (Å²) in [5, 5.41) is 5.86. The van der Waals surface area contributed by atoms with Gasteiger partial charge in [0.15, 0.2) is 0 Å². The Balaban J connectivity index is 1.97. The van der Waals surface area contributed by atoms with Crippen LogP contribution >= 0.6 is 11.6 Å². The molecule has 1 aliphatic rings. The third kappa shape index (κ3) is 3.40. The molecule has 1 saturated heterocycles. The van der Waals surface area contributed by atoms with Crippen LogP contribution in [0.2, 0.25) is 5.02 Å². The number of carbonyl (C=O) groups excluding carboxylic acids is 2. The molecule has 1 atom stereocenters. The standard InChI is InChI=1S/C13H17ClN4O2/c1-8-13(20)16-4-5-18(8)7-12(19)17-11-3-2-9(15)6-10(11)14/h2-3,6,8H,4-5,7,15H2,1H3,(H,16,20)(H,17,19). The molecule has 108 valence electrons. The molecule has 0 aliphatic carbocycles. The molecule has 1 unspecified atom stereocenters. The first-order valence-electron chi connectivity index (χ1n) is 6.34. The summed E-state index contributed by atoms with van der Waals surface area (Å²) in [6.07, 6.45) is 0. The van der Waals surface area contributed by atoms with E-state index in [4.69, 9.17) is 17.3 Å². The molecule has 7 heteroatoms. The van der Waals surface area contributed by atoms with Crippen LogP contribution in [0.4, 0.5) is 11.4 Å². The predicted molar refractivity (Wildman–Crippen MR) is 78.5 cm³/mol. The number of amides is 2. The molecular formula is C13H17ClN4O2. The van der Waals surface area contributed by atoms with E-state index < -0.39 is 0 Å². The molecule has 2 amide bonds. The summed E-state index contributed by atoms with van der Waals surface area (Å²) in [4.78, 5) is 25.3. The monoisotopic (exact) mass is 296 g/mol. The van der Waals surface area contributed by atoms with Crippen molar-refractivity contribution in [2.24, 2.45) is 0 Å². The van der Waals surface area contributed by atoms with Crippen molar-refractivity contribution in [1.82, 2.24) is 10.2 Å². The Bertz CT molecular complexity index is 535. The molecule has 1 heterocycles. The zero-order chi connectivity index (χ0) is 14.7. The second-order valence-corrected chi connectivity index (χ2v) is 5.13. The fourth-order valence-corrected chi connectivity index (χ4v) is 2.29. The van der Waals surface area contributed by atoms with Crippen molar-refractivity contribution in [2.75, 3.05) is 30.7 Å². The molecule has 1 fully saturated rings. The number of nitrogens with two attached hydrogens (primary N) is 1. The molecule has 0 spiro atoms. The minimum absolute atomic E-state index is 0.0606. The van der Waals surface area contributed by atoms with Gasteiger partial charge in [-0.2, -0.15) is 0 Å². The van der Waals surface area contributed by atoms with Crippen molar-refractivity contribution in [1.29, 1.82) is 0 Å². The van der Waals surface area contributed by atoms with E-state index in [-0.39, 0.29) is 24.4 Å². The van der Waals surface area contributed by atoms with E-state index >= 15 is 0 Å².